The van der Waals surface area contributed by atoms with Crippen molar-refractivity contribution in [3.8, 4) is 0 Å². The fraction of sp³-hybridized carbons (Fsp3) is 0.941. The third-order valence-corrected chi connectivity index (χ3v) is 2.81. The Morgan fingerprint density at radius 3 is 1.74 bits per heavy atom. The first-order chi connectivity index (χ1) is 8.90. The van der Waals surface area contributed by atoms with E-state index < -0.39 is 0 Å². The van der Waals surface area contributed by atoms with Gasteiger partial charge in [0.15, 0.2) is 0 Å². The topological polar surface area (TPSA) is 26.3 Å². The summed E-state index contributed by atoms with van der Waals surface area (Å²) in [5, 5.41) is 0. The second-order valence-corrected chi connectivity index (χ2v) is 6.14. The molecule has 0 amide bonds. The van der Waals surface area contributed by atoms with Crippen LogP contribution in [0.3, 0.4) is 0 Å². The average molecular weight is 272 g/mol. The van der Waals surface area contributed by atoms with E-state index in [1.54, 1.807) is 6.92 Å². The van der Waals surface area contributed by atoms with E-state index in [0.29, 0.717) is 5.78 Å². The van der Waals surface area contributed by atoms with E-state index in [-0.39, 0.29) is 0 Å². The Morgan fingerprint density at radius 1 is 0.947 bits per heavy atom. The molecule has 0 saturated carbocycles. The van der Waals surface area contributed by atoms with Gasteiger partial charge in [0.1, 0.15) is 5.78 Å². The van der Waals surface area contributed by atoms with Crippen LogP contribution in [0.15, 0.2) is 0 Å². The van der Waals surface area contributed by atoms with Crippen LogP contribution in [0.1, 0.15) is 80.1 Å². The summed E-state index contributed by atoms with van der Waals surface area (Å²) < 4.78 is 5.46. The lowest BCUT2D eigenvalue weighted by molar-refractivity contribution is -0.117. The number of ketones is 1. The van der Waals surface area contributed by atoms with Gasteiger partial charge in [-0.25, -0.2) is 0 Å². The smallest absolute Gasteiger partial charge is 0.129 e. The van der Waals surface area contributed by atoms with E-state index in [0.717, 1.165) is 37.9 Å². The molecule has 0 aromatic carbocycles. The Hall–Kier alpha value is -0.370. The van der Waals surface area contributed by atoms with Gasteiger partial charge in [0.25, 0.3) is 0 Å². The van der Waals surface area contributed by atoms with Crippen LogP contribution in [-0.4, -0.2) is 19.0 Å². The molecule has 2 heteroatoms. The van der Waals surface area contributed by atoms with Gasteiger partial charge in [-0.15, -0.1) is 0 Å². The monoisotopic (exact) mass is 272 g/mol. The van der Waals surface area contributed by atoms with E-state index in [1.165, 1.54) is 25.7 Å². The summed E-state index contributed by atoms with van der Waals surface area (Å²) in [5.74, 6) is 1.86. The van der Waals surface area contributed by atoms with Crippen molar-refractivity contribution in [2.45, 2.75) is 80.1 Å². The number of unbranched alkanes of at least 4 members (excludes halogenated alkanes) is 2. The zero-order chi connectivity index (χ0) is 15.1. The van der Waals surface area contributed by atoms with Crippen molar-refractivity contribution in [1.29, 1.82) is 0 Å². The molecule has 116 valence electrons. The van der Waals surface area contributed by atoms with Crippen LogP contribution in [0.5, 0.6) is 0 Å². The van der Waals surface area contributed by atoms with Gasteiger partial charge in [-0.1, -0.05) is 47.5 Å². The molecule has 0 rings (SSSR count). The minimum Gasteiger partial charge on any atom is -0.381 e. The Kier molecular flexibility index (Phi) is 17.3. The molecule has 0 unspecified atom stereocenters. The summed E-state index contributed by atoms with van der Waals surface area (Å²) in [6, 6.07) is 0. The third kappa shape index (κ3) is 27.0. The number of rotatable bonds is 10. The predicted molar refractivity (Wildman–Crippen MR) is 84.6 cm³/mol. The van der Waals surface area contributed by atoms with Crippen LogP contribution in [0.2, 0.25) is 0 Å². The summed E-state index contributed by atoms with van der Waals surface area (Å²) in [7, 11) is 0. The molecule has 0 radical (unpaired) electrons. The highest BCUT2D eigenvalue weighted by atomic mass is 16.5. The van der Waals surface area contributed by atoms with Crippen LogP contribution >= 0.6 is 0 Å². The molecular formula is C17H36O2. The number of ether oxygens (including phenoxy) is 1. The van der Waals surface area contributed by atoms with E-state index >= 15 is 0 Å². The first kappa shape index (κ1) is 20.9. The molecule has 0 aliphatic carbocycles. The Balaban J connectivity index is 0. The van der Waals surface area contributed by atoms with Crippen molar-refractivity contribution in [3.63, 3.8) is 0 Å². The number of Topliss-reactive ketones (excluding diaryl/α,β-unsaturated/α-hetero) is 1. The van der Waals surface area contributed by atoms with E-state index in [4.69, 9.17) is 4.74 Å². The van der Waals surface area contributed by atoms with E-state index in [2.05, 4.69) is 34.6 Å². The molecular weight excluding hydrogens is 236 g/mol. The maximum absolute atomic E-state index is 10.3. The maximum Gasteiger partial charge on any atom is 0.129 e. The molecule has 0 aliphatic rings. The van der Waals surface area contributed by atoms with Gasteiger partial charge in [-0.05, 0) is 38.0 Å². The molecule has 0 fully saturated rings. The van der Waals surface area contributed by atoms with Crippen molar-refractivity contribution in [1.82, 2.24) is 0 Å². The molecule has 0 spiro atoms. The minimum atomic E-state index is 0.318. The molecule has 0 N–H and O–H groups in total. The molecule has 2 nitrogen and oxygen atoms in total. The van der Waals surface area contributed by atoms with Crippen LogP contribution in [-0.2, 0) is 9.53 Å². The average Bonchev–Trinajstić information content (AvgIpc) is 2.28. The summed E-state index contributed by atoms with van der Waals surface area (Å²) >= 11 is 0. The first-order valence-corrected chi connectivity index (χ1v) is 7.97. The Labute approximate surface area is 121 Å². The lowest BCUT2D eigenvalue weighted by atomic mass is 10.1. The Bertz CT molecular complexity index is 176. The fourth-order valence-corrected chi connectivity index (χ4v) is 1.36. The van der Waals surface area contributed by atoms with E-state index in [9.17, 15) is 4.79 Å². The number of hydrogen-bond donors (Lipinski definition) is 0. The van der Waals surface area contributed by atoms with Gasteiger partial charge >= 0.3 is 0 Å². The van der Waals surface area contributed by atoms with Crippen molar-refractivity contribution in [2.75, 3.05) is 13.2 Å². The molecule has 0 atom stereocenters. The second kappa shape index (κ2) is 15.7. The van der Waals surface area contributed by atoms with Gasteiger partial charge in [0.2, 0.25) is 0 Å². The van der Waals surface area contributed by atoms with E-state index in [1.807, 2.05) is 0 Å². The van der Waals surface area contributed by atoms with Gasteiger partial charge in [-0.3, -0.25) is 0 Å². The molecule has 0 heterocycles. The molecule has 0 aromatic rings. The van der Waals surface area contributed by atoms with Crippen molar-refractivity contribution < 1.29 is 9.53 Å². The second-order valence-electron chi connectivity index (χ2n) is 6.14. The van der Waals surface area contributed by atoms with Gasteiger partial charge in [0, 0.05) is 19.6 Å². The van der Waals surface area contributed by atoms with Gasteiger partial charge in [0.05, 0.1) is 0 Å². The van der Waals surface area contributed by atoms with Crippen molar-refractivity contribution in [3.05, 3.63) is 0 Å². The summed E-state index contributed by atoms with van der Waals surface area (Å²) in [6.07, 6.45) is 6.63. The first-order valence-electron chi connectivity index (χ1n) is 7.97. The molecule has 0 bridgehead atoms. The zero-order valence-electron chi connectivity index (χ0n) is 14.1. The lowest BCUT2D eigenvalue weighted by Crippen LogP contribution is -2.02. The highest BCUT2D eigenvalue weighted by molar-refractivity contribution is 5.75. The summed E-state index contributed by atoms with van der Waals surface area (Å²) in [4.78, 5) is 10.3. The van der Waals surface area contributed by atoms with Crippen molar-refractivity contribution in [2.24, 2.45) is 11.8 Å². The highest BCUT2D eigenvalue weighted by Crippen LogP contribution is 2.02. The minimum absolute atomic E-state index is 0.318. The zero-order valence-corrected chi connectivity index (χ0v) is 14.1. The summed E-state index contributed by atoms with van der Waals surface area (Å²) in [5.41, 5.74) is 0. The maximum atomic E-state index is 10.3. The molecule has 0 aromatic heterocycles. The largest absolute Gasteiger partial charge is 0.381 e. The molecule has 0 aliphatic heterocycles. The van der Waals surface area contributed by atoms with Crippen LogP contribution in [0.25, 0.3) is 0 Å². The van der Waals surface area contributed by atoms with Crippen molar-refractivity contribution >= 4 is 5.78 Å². The highest BCUT2D eigenvalue weighted by Gasteiger charge is 1.95. The normalized spacial score (nSPS) is 10.5. The number of carbonyl (C=O) groups is 1. The van der Waals surface area contributed by atoms with Crippen LogP contribution < -0.4 is 0 Å². The molecule has 0 saturated heterocycles. The predicted octanol–water partition coefficient (Wildman–Crippen LogP) is 5.25. The SMILES string of the molecule is CC(C)CCOCCC(C)C.CCCCCC(C)=O. The third-order valence-electron chi connectivity index (χ3n) is 2.81. The summed E-state index contributed by atoms with van der Waals surface area (Å²) in [6.45, 7) is 14.6. The van der Waals surface area contributed by atoms with Gasteiger partial charge in [-0.2, -0.15) is 0 Å². The fourth-order valence-electron chi connectivity index (χ4n) is 1.36. The van der Waals surface area contributed by atoms with Crippen LogP contribution in [0, 0.1) is 11.8 Å². The number of hydrogen-bond acceptors (Lipinski definition) is 2. The quantitative estimate of drug-likeness (QED) is 0.508. The van der Waals surface area contributed by atoms with Gasteiger partial charge < -0.3 is 9.53 Å². The Morgan fingerprint density at radius 2 is 1.42 bits per heavy atom. The lowest BCUT2D eigenvalue weighted by Gasteiger charge is -2.07. The molecule has 19 heavy (non-hydrogen) atoms. The number of carbonyl (C=O) groups excluding carboxylic acids is 1. The van der Waals surface area contributed by atoms with Crippen LogP contribution in [0.4, 0.5) is 0 Å². The standard InChI is InChI=1S/C10H22O.C7H14O/c1-9(2)5-7-11-8-6-10(3)4;1-3-4-5-6-7(2)8/h9-10H,5-8H2,1-4H3;3-6H2,1-2H3.